The highest BCUT2D eigenvalue weighted by Gasteiger charge is 2.09. The molecule has 29 heavy (non-hydrogen) atoms. The van der Waals surface area contributed by atoms with Crippen molar-refractivity contribution in [3.63, 3.8) is 0 Å². The summed E-state index contributed by atoms with van der Waals surface area (Å²) >= 11 is 0. The fraction of sp³-hybridized carbons (Fsp3) is 0.125. The standard InChI is InChI=1S/C24H21FN2O.ClH/c25-21-10-7-18(8-11-21)17-28-24-12-9-20-5-1-2-6-22(20)23(24)16-27-15-19-4-3-13-26-14-19;/h1-14,27H,15-17H2;1H/p-1. The monoisotopic (exact) mass is 407 g/mol. The second-order valence-corrected chi connectivity index (χ2v) is 6.64. The van der Waals surface area contributed by atoms with Crippen molar-refractivity contribution in [2.75, 3.05) is 0 Å². The molecule has 0 radical (unpaired) electrons. The molecule has 0 atom stereocenters. The first-order valence-corrected chi connectivity index (χ1v) is 9.27. The van der Waals surface area contributed by atoms with Crippen molar-refractivity contribution in [3.8, 4) is 5.75 Å². The molecule has 1 heterocycles. The molecule has 0 spiro atoms. The molecule has 0 saturated carbocycles. The number of benzene rings is 3. The Morgan fingerprint density at radius 2 is 1.66 bits per heavy atom. The fourth-order valence-electron chi connectivity index (χ4n) is 3.21. The Morgan fingerprint density at radius 3 is 2.45 bits per heavy atom. The van der Waals surface area contributed by atoms with Gasteiger partial charge in [-0.1, -0.05) is 48.5 Å². The Labute approximate surface area is 176 Å². The molecule has 5 heteroatoms. The van der Waals surface area contributed by atoms with E-state index in [0.717, 1.165) is 34.4 Å². The molecule has 4 rings (SSSR count). The van der Waals surface area contributed by atoms with Crippen LogP contribution >= 0.6 is 0 Å². The number of hydrogen-bond acceptors (Lipinski definition) is 3. The van der Waals surface area contributed by atoms with Crippen LogP contribution in [0, 0.1) is 5.82 Å². The predicted molar refractivity (Wildman–Crippen MR) is 109 cm³/mol. The van der Waals surface area contributed by atoms with Gasteiger partial charge in [0.1, 0.15) is 18.2 Å². The summed E-state index contributed by atoms with van der Waals surface area (Å²) in [7, 11) is 0. The zero-order valence-corrected chi connectivity index (χ0v) is 16.6. The van der Waals surface area contributed by atoms with E-state index in [4.69, 9.17) is 4.74 Å². The molecule has 4 aromatic rings. The van der Waals surface area contributed by atoms with Gasteiger partial charge >= 0.3 is 0 Å². The molecule has 0 aliphatic heterocycles. The number of aromatic nitrogens is 1. The van der Waals surface area contributed by atoms with E-state index in [0.29, 0.717) is 13.2 Å². The maximum atomic E-state index is 13.1. The molecule has 0 bridgehead atoms. The summed E-state index contributed by atoms with van der Waals surface area (Å²) in [6, 6.07) is 22.8. The van der Waals surface area contributed by atoms with E-state index in [1.165, 1.54) is 17.5 Å². The van der Waals surface area contributed by atoms with Crippen molar-refractivity contribution in [2.24, 2.45) is 0 Å². The van der Waals surface area contributed by atoms with Crippen LogP contribution < -0.4 is 22.5 Å². The summed E-state index contributed by atoms with van der Waals surface area (Å²) < 4.78 is 19.2. The SMILES string of the molecule is Fc1ccc(COc2ccc3ccccc3c2CNCc2cccnc2)cc1.[Cl-]. The first-order chi connectivity index (χ1) is 13.8. The van der Waals surface area contributed by atoms with E-state index in [2.05, 4.69) is 34.6 Å². The van der Waals surface area contributed by atoms with Gasteiger partial charge in [-0.2, -0.15) is 0 Å². The van der Waals surface area contributed by atoms with Gasteiger partial charge in [-0.15, -0.1) is 0 Å². The predicted octanol–water partition coefficient (Wildman–Crippen LogP) is 2.25. The molecular formula is C24H21ClFN2O-. The Morgan fingerprint density at radius 1 is 0.828 bits per heavy atom. The average Bonchev–Trinajstić information content (AvgIpc) is 2.75. The quantitative estimate of drug-likeness (QED) is 0.510. The van der Waals surface area contributed by atoms with Crippen molar-refractivity contribution in [1.82, 2.24) is 10.3 Å². The summed E-state index contributed by atoms with van der Waals surface area (Å²) in [5.41, 5.74) is 3.18. The molecule has 1 aromatic heterocycles. The van der Waals surface area contributed by atoms with Gasteiger partial charge in [0.25, 0.3) is 0 Å². The number of hydrogen-bond donors (Lipinski definition) is 1. The minimum absolute atomic E-state index is 0. The highest BCUT2D eigenvalue weighted by molar-refractivity contribution is 5.87. The van der Waals surface area contributed by atoms with Crippen LogP contribution in [-0.4, -0.2) is 4.98 Å². The zero-order valence-electron chi connectivity index (χ0n) is 15.8. The van der Waals surface area contributed by atoms with Crippen LogP contribution in [0.5, 0.6) is 5.75 Å². The molecule has 0 fully saturated rings. The van der Waals surface area contributed by atoms with E-state index in [-0.39, 0.29) is 18.2 Å². The van der Waals surface area contributed by atoms with Gasteiger partial charge in [-0.3, -0.25) is 4.98 Å². The van der Waals surface area contributed by atoms with Crippen LogP contribution in [0.15, 0.2) is 85.2 Å². The van der Waals surface area contributed by atoms with Crippen molar-refractivity contribution >= 4 is 10.8 Å². The van der Waals surface area contributed by atoms with Crippen molar-refractivity contribution in [2.45, 2.75) is 19.7 Å². The van der Waals surface area contributed by atoms with Gasteiger partial charge < -0.3 is 22.5 Å². The first kappa shape index (κ1) is 20.8. The molecule has 1 N–H and O–H groups in total. The molecule has 148 valence electrons. The normalized spacial score (nSPS) is 10.5. The van der Waals surface area contributed by atoms with Crippen LogP contribution in [0.1, 0.15) is 16.7 Å². The second kappa shape index (κ2) is 10.0. The van der Waals surface area contributed by atoms with Crippen molar-refractivity contribution < 1.29 is 21.5 Å². The number of rotatable bonds is 7. The second-order valence-electron chi connectivity index (χ2n) is 6.64. The Bertz CT molecular complexity index is 1060. The van der Waals surface area contributed by atoms with E-state index in [1.54, 1.807) is 18.3 Å². The van der Waals surface area contributed by atoms with Gasteiger partial charge in [0.05, 0.1) is 0 Å². The molecular weight excluding hydrogens is 387 g/mol. The van der Waals surface area contributed by atoms with Crippen LogP contribution in [0.2, 0.25) is 0 Å². The van der Waals surface area contributed by atoms with E-state index < -0.39 is 0 Å². The molecule has 0 amide bonds. The molecule has 0 saturated heterocycles. The molecule has 0 aliphatic carbocycles. The van der Waals surface area contributed by atoms with Gasteiger partial charge in [0.15, 0.2) is 0 Å². The number of nitrogens with one attached hydrogen (secondary N) is 1. The van der Waals surface area contributed by atoms with Gasteiger partial charge in [-0.05, 0) is 46.2 Å². The van der Waals surface area contributed by atoms with Crippen LogP contribution in [0.3, 0.4) is 0 Å². The number of ether oxygens (including phenoxy) is 1. The maximum absolute atomic E-state index is 13.1. The van der Waals surface area contributed by atoms with Crippen molar-refractivity contribution in [1.29, 1.82) is 0 Å². The lowest BCUT2D eigenvalue weighted by Crippen LogP contribution is -3.00. The number of nitrogens with zero attached hydrogens (tertiary/aromatic N) is 1. The van der Waals surface area contributed by atoms with E-state index in [1.807, 2.05) is 30.5 Å². The summed E-state index contributed by atoms with van der Waals surface area (Å²) in [4.78, 5) is 4.16. The highest BCUT2D eigenvalue weighted by atomic mass is 35.5. The average molecular weight is 408 g/mol. The van der Waals surface area contributed by atoms with Gasteiger partial charge in [0, 0.05) is 31.0 Å². The van der Waals surface area contributed by atoms with Crippen LogP contribution in [0.4, 0.5) is 4.39 Å². The van der Waals surface area contributed by atoms with E-state index >= 15 is 0 Å². The van der Waals surface area contributed by atoms with Crippen LogP contribution in [-0.2, 0) is 19.7 Å². The topological polar surface area (TPSA) is 34.1 Å². The lowest BCUT2D eigenvalue weighted by Gasteiger charge is -2.15. The Hall–Kier alpha value is -2.95. The number of pyridine rings is 1. The summed E-state index contributed by atoms with van der Waals surface area (Å²) in [5, 5.41) is 5.83. The van der Waals surface area contributed by atoms with Crippen molar-refractivity contribution in [3.05, 3.63) is 108 Å². The zero-order chi connectivity index (χ0) is 19.2. The summed E-state index contributed by atoms with van der Waals surface area (Å²) in [6.45, 7) is 1.80. The summed E-state index contributed by atoms with van der Waals surface area (Å²) in [6.07, 6.45) is 3.64. The molecule has 3 nitrogen and oxygen atoms in total. The fourth-order valence-corrected chi connectivity index (χ4v) is 3.21. The first-order valence-electron chi connectivity index (χ1n) is 9.27. The Kier molecular flexibility index (Phi) is 7.17. The van der Waals surface area contributed by atoms with Crippen LogP contribution in [0.25, 0.3) is 10.8 Å². The third-order valence-corrected chi connectivity index (χ3v) is 4.66. The maximum Gasteiger partial charge on any atom is 0.124 e. The van der Waals surface area contributed by atoms with Gasteiger partial charge in [0.2, 0.25) is 0 Å². The lowest BCUT2D eigenvalue weighted by molar-refractivity contribution is -0.00000655. The molecule has 0 aliphatic rings. The third-order valence-electron chi connectivity index (χ3n) is 4.66. The largest absolute Gasteiger partial charge is 1.00 e. The number of halogens is 2. The third kappa shape index (κ3) is 5.31. The minimum atomic E-state index is -0.241. The lowest BCUT2D eigenvalue weighted by atomic mass is 10.0. The minimum Gasteiger partial charge on any atom is -1.00 e. The van der Waals surface area contributed by atoms with E-state index in [9.17, 15) is 4.39 Å². The smallest absolute Gasteiger partial charge is 0.124 e. The molecule has 0 unspecified atom stereocenters. The highest BCUT2D eigenvalue weighted by Crippen LogP contribution is 2.29. The number of fused-ring (bicyclic) bond motifs is 1. The summed E-state index contributed by atoms with van der Waals surface area (Å²) in [5.74, 6) is 0.594. The Balaban J connectivity index is 0.00000240. The molecule has 3 aromatic carbocycles. The van der Waals surface area contributed by atoms with Gasteiger partial charge in [-0.25, -0.2) is 4.39 Å².